The molecule has 0 unspecified atom stereocenters. The molecule has 120 valence electrons. The van der Waals surface area contributed by atoms with Crippen LogP contribution in [0.25, 0.3) is 0 Å². The zero-order chi connectivity index (χ0) is 16.7. The van der Waals surface area contributed by atoms with Crippen LogP contribution in [-0.4, -0.2) is 29.8 Å². The minimum Gasteiger partial charge on any atom is -0.366 e. The van der Waals surface area contributed by atoms with Crippen LogP contribution in [0.5, 0.6) is 0 Å². The Hall–Kier alpha value is -2.66. The quantitative estimate of drug-likeness (QED) is 0.823. The van der Waals surface area contributed by atoms with Crippen molar-refractivity contribution in [3.63, 3.8) is 0 Å². The molecule has 0 spiro atoms. The highest BCUT2D eigenvalue weighted by Gasteiger charge is 2.10. The molecule has 0 saturated carbocycles. The van der Waals surface area contributed by atoms with Crippen molar-refractivity contribution >= 4 is 17.5 Å². The lowest BCUT2D eigenvalue weighted by molar-refractivity contribution is -0.117. The molecule has 0 aromatic heterocycles. The van der Waals surface area contributed by atoms with Crippen LogP contribution in [0, 0.1) is 0 Å². The summed E-state index contributed by atoms with van der Waals surface area (Å²) in [5.74, 6) is -0.572. The lowest BCUT2D eigenvalue weighted by Crippen LogP contribution is -2.32. The van der Waals surface area contributed by atoms with Gasteiger partial charge in [-0.05, 0) is 36.4 Å². The number of nitrogens with one attached hydrogen (secondary N) is 1. The number of primary amides is 1. The number of nitrogens with two attached hydrogens (primary N) is 1. The number of carbonyl (C=O) groups is 2. The Morgan fingerprint density at radius 2 is 1.70 bits per heavy atom. The molecule has 2 aromatic carbocycles. The normalized spacial score (nSPS) is 10.5. The van der Waals surface area contributed by atoms with E-state index in [1.54, 1.807) is 24.3 Å². The third-order valence-corrected chi connectivity index (χ3v) is 3.52. The molecule has 0 fully saturated rings. The molecule has 0 heterocycles. The fourth-order valence-corrected chi connectivity index (χ4v) is 2.24. The minimum atomic E-state index is -0.483. The highest BCUT2D eigenvalue weighted by molar-refractivity contribution is 5.95. The first-order chi connectivity index (χ1) is 11.1. The molecule has 0 aliphatic heterocycles. The van der Waals surface area contributed by atoms with Crippen molar-refractivity contribution in [3.8, 4) is 0 Å². The van der Waals surface area contributed by atoms with Crippen LogP contribution in [0.2, 0.25) is 0 Å². The van der Waals surface area contributed by atoms with E-state index < -0.39 is 5.91 Å². The molecule has 2 aromatic rings. The van der Waals surface area contributed by atoms with E-state index in [4.69, 9.17) is 5.73 Å². The summed E-state index contributed by atoms with van der Waals surface area (Å²) < 4.78 is 0. The monoisotopic (exact) mass is 311 g/mol. The maximum Gasteiger partial charge on any atom is 0.248 e. The molecular formula is C18H21N3O2. The average molecular weight is 311 g/mol. The van der Waals surface area contributed by atoms with Crippen LogP contribution < -0.4 is 11.1 Å². The van der Waals surface area contributed by atoms with Gasteiger partial charge in [-0.25, -0.2) is 0 Å². The van der Waals surface area contributed by atoms with E-state index in [2.05, 4.69) is 10.2 Å². The summed E-state index contributed by atoms with van der Waals surface area (Å²) >= 11 is 0. The first kappa shape index (κ1) is 16.7. The Balaban J connectivity index is 1.90. The van der Waals surface area contributed by atoms with E-state index in [9.17, 15) is 9.59 Å². The van der Waals surface area contributed by atoms with Crippen LogP contribution in [0.1, 0.15) is 22.8 Å². The summed E-state index contributed by atoms with van der Waals surface area (Å²) in [7, 11) is 0. The van der Waals surface area contributed by atoms with Gasteiger partial charge in [0.2, 0.25) is 11.8 Å². The lowest BCUT2D eigenvalue weighted by Gasteiger charge is -2.20. The Morgan fingerprint density at radius 3 is 2.26 bits per heavy atom. The SMILES string of the molecule is CCN(CC(=O)Nc1ccc(C(N)=O)cc1)Cc1ccccc1. The number of hydrogen-bond donors (Lipinski definition) is 2. The van der Waals surface area contributed by atoms with Gasteiger partial charge in [0.1, 0.15) is 0 Å². The summed E-state index contributed by atoms with van der Waals surface area (Å²) in [5, 5.41) is 2.83. The third-order valence-electron chi connectivity index (χ3n) is 3.52. The second-order valence-corrected chi connectivity index (χ2v) is 5.28. The van der Waals surface area contributed by atoms with Crippen LogP contribution in [0.3, 0.4) is 0 Å². The molecule has 0 saturated heterocycles. The number of anilines is 1. The van der Waals surface area contributed by atoms with E-state index in [0.717, 1.165) is 13.1 Å². The van der Waals surface area contributed by atoms with Crippen molar-refractivity contribution in [1.82, 2.24) is 4.90 Å². The molecule has 23 heavy (non-hydrogen) atoms. The Bertz CT molecular complexity index is 654. The number of rotatable bonds is 7. The van der Waals surface area contributed by atoms with Crippen molar-refractivity contribution in [2.45, 2.75) is 13.5 Å². The molecule has 5 nitrogen and oxygen atoms in total. The number of likely N-dealkylation sites (N-methyl/N-ethyl adjacent to an activating group) is 1. The van der Waals surface area contributed by atoms with Crippen molar-refractivity contribution in [2.75, 3.05) is 18.4 Å². The second kappa shape index (κ2) is 8.10. The maximum absolute atomic E-state index is 12.1. The van der Waals surface area contributed by atoms with Crippen LogP contribution in [0.15, 0.2) is 54.6 Å². The molecule has 0 aliphatic rings. The van der Waals surface area contributed by atoms with Gasteiger partial charge in [0, 0.05) is 17.8 Å². The van der Waals surface area contributed by atoms with E-state index >= 15 is 0 Å². The smallest absolute Gasteiger partial charge is 0.248 e. The van der Waals surface area contributed by atoms with Gasteiger partial charge < -0.3 is 11.1 Å². The van der Waals surface area contributed by atoms with Crippen LogP contribution in [0.4, 0.5) is 5.69 Å². The van der Waals surface area contributed by atoms with Crippen LogP contribution >= 0.6 is 0 Å². The molecule has 0 radical (unpaired) electrons. The molecule has 5 heteroatoms. The van der Waals surface area contributed by atoms with Gasteiger partial charge in [-0.3, -0.25) is 14.5 Å². The largest absolute Gasteiger partial charge is 0.366 e. The van der Waals surface area contributed by atoms with E-state index in [0.29, 0.717) is 17.8 Å². The molecule has 0 aliphatic carbocycles. The number of carbonyl (C=O) groups excluding carboxylic acids is 2. The topological polar surface area (TPSA) is 75.4 Å². The summed E-state index contributed by atoms with van der Waals surface area (Å²) in [5.41, 5.74) is 7.43. The Labute approximate surface area is 136 Å². The molecular weight excluding hydrogens is 290 g/mol. The predicted octanol–water partition coefficient (Wildman–Crippen LogP) is 2.25. The number of benzene rings is 2. The molecule has 2 rings (SSSR count). The fraction of sp³-hybridized carbons (Fsp3) is 0.222. The van der Waals surface area contributed by atoms with E-state index in [-0.39, 0.29) is 5.91 Å². The van der Waals surface area contributed by atoms with Crippen molar-refractivity contribution in [3.05, 3.63) is 65.7 Å². The Morgan fingerprint density at radius 1 is 1.04 bits per heavy atom. The molecule has 0 bridgehead atoms. The van der Waals surface area contributed by atoms with Gasteiger partial charge in [-0.1, -0.05) is 37.3 Å². The van der Waals surface area contributed by atoms with Gasteiger partial charge in [-0.2, -0.15) is 0 Å². The first-order valence-corrected chi connectivity index (χ1v) is 7.54. The molecule has 2 amide bonds. The standard InChI is InChI=1S/C18H21N3O2/c1-2-21(12-14-6-4-3-5-7-14)13-17(22)20-16-10-8-15(9-11-16)18(19)23/h3-11H,2,12-13H2,1H3,(H2,19,23)(H,20,22). The average Bonchev–Trinajstić information content (AvgIpc) is 2.55. The van der Waals surface area contributed by atoms with Crippen molar-refractivity contribution in [2.24, 2.45) is 5.73 Å². The summed E-state index contributed by atoms with van der Waals surface area (Å²) in [6.07, 6.45) is 0. The molecule has 0 atom stereocenters. The number of amides is 2. The lowest BCUT2D eigenvalue weighted by atomic mass is 10.2. The predicted molar refractivity (Wildman–Crippen MR) is 91.0 cm³/mol. The highest BCUT2D eigenvalue weighted by Crippen LogP contribution is 2.10. The van der Waals surface area contributed by atoms with Gasteiger partial charge in [0.05, 0.1) is 6.54 Å². The summed E-state index contributed by atoms with van der Waals surface area (Å²) in [4.78, 5) is 25.2. The Kier molecular flexibility index (Phi) is 5.88. The zero-order valence-corrected chi connectivity index (χ0v) is 13.2. The number of hydrogen-bond acceptors (Lipinski definition) is 3. The summed E-state index contributed by atoms with van der Waals surface area (Å²) in [6, 6.07) is 16.6. The van der Waals surface area contributed by atoms with Gasteiger partial charge in [-0.15, -0.1) is 0 Å². The molecule has 3 N–H and O–H groups in total. The summed E-state index contributed by atoms with van der Waals surface area (Å²) in [6.45, 7) is 3.84. The van der Waals surface area contributed by atoms with Crippen molar-refractivity contribution < 1.29 is 9.59 Å². The van der Waals surface area contributed by atoms with Crippen LogP contribution in [-0.2, 0) is 11.3 Å². The highest BCUT2D eigenvalue weighted by atomic mass is 16.2. The third kappa shape index (κ3) is 5.23. The number of nitrogens with zero attached hydrogens (tertiary/aromatic N) is 1. The van der Waals surface area contributed by atoms with E-state index in [1.807, 2.05) is 37.3 Å². The fourth-order valence-electron chi connectivity index (χ4n) is 2.24. The van der Waals surface area contributed by atoms with Gasteiger partial charge in [0.15, 0.2) is 0 Å². The first-order valence-electron chi connectivity index (χ1n) is 7.54. The zero-order valence-electron chi connectivity index (χ0n) is 13.2. The maximum atomic E-state index is 12.1. The van der Waals surface area contributed by atoms with Crippen molar-refractivity contribution in [1.29, 1.82) is 0 Å². The van der Waals surface area contributed by atoms with Gasteiger partial charge >= 0.3 is 0 Å². The minimum absolute atomic E-state index is 0.0883. The van der Waals surface area contributed by atoms with E-state index in [1.165, 1.54) is 5.56 Å². The van der Waals surface area contributed by atoms with Gasteiger partial charge in [0.25, 0.3) is 0 Å². The second-order valence-electron chi connectivity index (χ2n) is 5.28.